The Morgan fingerprint density at radius 3 is 2.77 bits per heavy atom. The second-order valence-corrected chi connectivity index (χ2v) is 8.52. The van der Waals surface area contributed by atoms with Crippen molar-refractivity contribution in [1.82, 2.24) is 20.3 Å². The molecule has 0 bridgehead atoms. The number of aromatic amines is 1. The Labute approximate surface area is 182 Å². The van der Waals surface area contributed by atoms with Crippen LogP contribution in [0.4, 0.5) is 0 Å². The van der Waals surface area contributed by atoms with Gasteiger partial charge in [-0.2, -0.15) is 0 Å². The van der Waals surface area contributed by atoms with E-state index >= 15 is 0 Å². The maximum atomic E-state index is 12.1. The fourth-order valence-corrected chi connectivity index (χ4v) is 4.63. The van der Waals surface area contributed by atoms with Crippen LogP contribution in [0.1, 0.15) is 60.3 Å². The summed E-state index contributed by atoms with van der Waals surface area (Å²) >= 11 is 0. The monoisotopic (exact) mass is 416 g/mol. The molecular weight excluding hydrogens is 388 g/mol. The van der Waals surface area contributed by atoms with E-state index in [2.05, 4.69) is 46.5 Å². The normalized spacial score (nSPS) is 20.9. The lowest BCUT2D eigenvalue weighted by molar-refractivity contribution is -0.0194. The zero-order valence-corrected chi connectivity index (χ0v) is 17.9. The van der Waals surface area contributed by atoms with E-state index in [-0.39, 0.29) is 12.0 Å². The molecule has 2 N–H and O–H groups in total. The second-order valence-electron chi connectivity index (χ2n) is 8.52. The zero-order valence-electron chi connectivity index (χ0n) is 17.9. The molecule has 31 heavy (non-hydrogen) atoms. The van der Waals surface area contributed by atoms with Gasteiger partial charge in [0.05, 0.1) is 29.7 Å². The van der Waals surface area contributed by atoms with Crippen LogP contribution in [0, 0.1) is 5.92 Å². The van der Waals surface area contributed by atoms with Crippen molar-refractivity contribution in [1.29, 1.82) is 0 Å². The standard InChI is InChI=1S/C25H28N4O2/c1-2-3-16-4-9-23(31-15-16)17-5-7-18(8-6-17)24-26-12-11-21(29-24)22-14-19-20(28-22)10-13-27-25(19)30/h5-8,11-12,14,16,23,28H,2-4,9-10,13,15H2,1H3,(H,27,30)/t16-,23+/m0/s1. The topological polar surface area (TPSA) is 79.9 Å². The molecule has 1 amide bonds. The van der Waals surface area contributed by atoms with Crippen molar-refractivity contribution in [2.24, 2.45) is 5.92 Å². The van der Waals surface area contributed by atoms with Gasteiger partial charge in [-0.15, -0.1) is 0 Å². The van der Waals surface area contributed by atoms with Gasteiger partial charge in [0.15, 0.2) is 5.82 Å². The maximum absolute atomic E-state index is 12.1. The molecule has 5 rings (SSSR count). The smallest absolute Gasteiger partial charge is 0.253 e. The van der Waals surface area contributed by atoms with Crippen LogP contribution in [0.25, 0.3) is 22.8 Å². The average molecular weight is 417 g/mol. The third-order valence-corrected chi connectivity index (χ3v) is 6.34. The molecule has 160 valence electrons. The second kappa shape index (κ2) is 8.63. The molecule has 1 aromatic carbocycles. The number of benzene rings is 1. The van der Waals surface area contributed by atoms with Gasteiger partial charge in [0.2, 0.25) is 0 Å². The minimum Gasteiger partial charge on any atom is -0.373 e. The molecule has 2 aliphatic rings. The first kappa shape index (κ1) is 19.9. The number of aromatic nitrogens is 3. The number of hydrogen-bond donors (Lipinski definition) is 2. The van der Waals surface area contributed by atoms with Crippen LogP contribution in [0.5, 0.6) is 0 Å². The third-order valence-electron chi connectivity index (χ3n) is 6.34. The molecule has 2 atom stereocenters. The van der Waals surface area contributed by atoms with E-state index < -0.39 is 0 Å². The highest BCUT2D eigenvalue weighted by Gasteiger charge is 2.23. The largest absolute Gasteiger partial charge is 0.373 e. The van der Waals surface area contributed by atoms with Gasteiger partial charge >= 0.3 is 0 Å². The highest BCUT2D eigenvalue weighted by molar-refractivity contribution is 5.97. The van der Waals surface area contributed by atoms with E-state index in [1.165, 1.54) is 24.8 Å². The number of hydrogen-bond acceptors (Lipinski definition) is 4. The van der Waals surface area contributed by atoms with Crippen molar-refractivity contribution in [2.75, 3.05) is 13.2 Å². The number of carbonyl (C=O) groups excluding carboxylic acids is 1. The minimum atomic E-state index is -0.0282. The Kier molecular flexibility index (Phi) is 5.55. The molecule has 4 heterocycles. The highest BCUT2D eigenvalue weighted by atomic mass is 16.5. The van der Waals surface area contributed by atoms with Crippen molar-refractivity contribution in [2.45, 2.75) is 45.1 Å². The van der Waals surface area contributed by atoms with Gasteiger partial charge in [-0.3, -0.25) is 4.79 Å². The summed E-state index contributed by atoms with van der Waals surface area (Å²) in [5.74, 6) is 1.36. The van der Waals surface area contributed by atoms with Crippen LogP contribution in [-0.2, 0) is 11.2 Å². The summed E-state index contributed by atoms with van der Waals surface area (Å²) in [6.07, 6.45) is 7.57. The fourth-order valence-electron chi connectivity index (χ4n) is 4.63. The predicted molar refractivity (Wildman–Crippen MR) is 120 cm³/mol. The number of ether oxygens (including phenoxy) is 1. The SMILES string of the molecule is CCC[C@H]1CC[C@H](c2ccc(-c3nccc(-c4cc5c([nH]4)CCNC5=O)n3)cc2)OC1. The highest BCUT2D eigenvalue weighted by Crippen LogP contribution is 2.33. The summed E-state index contributed by atoms with van der Waals surface area (Å²) in [7, 11) is 0. The van der Waals surface area contributed by atoms with Crippen LogP contribution in [0.15, 0.2) is 42.6 Å². The van der Waals surface area contributed by atoms with Crippen LogP contribution in [0.2, 0.25) is 0 Å². The summed E-state index contributed by atoms with van der Waals surface area (Å²) < 4.78 is 6.13. The van der Waals surface area contributed by atoms with E-state index in [0.717, 1.165) is 42.1 Å². The third kappa shape index (κ3) is 4.12. The van der Waals surface area contributed by atoms with Crippen molar-refractivity contribution in [3.63, 3.8) is 0 Å². The van der Waals surface area contributed by atoms with E-state index in [1.54, 1.807) is 6.20 Å². The molecule has 6 heteroatoms. The Hall–Kier alpha value is -2.99. The molecule has 2 aliphatic heterocycles. The quantitative estimate of drug-likeness (QED) is 0.632. The summed E-state index contributed by atoms with van der Waals surface area (Å²) in [4.78, 5) is 24.6. The lowest BCUT2D eigenvalue weighted by Gasteiger charge is -2.29. The average Bonchev–Trinajstić information content (AvgIpc) is 3.26. The summed E-state index contributed by atoms with van der Waals surface area (Å²) in [6, 6.07) is 12.2. The fraction of sp³-hybridized carbons (Fsp3) is 0.400. The maximum Gasteiger partial charge on any atom is 0.253 e. The first-order chi connectivity index (χ1) is 15.2. The van der Waals surface area contributed by atoms with E-state index in [4.69, 9.17) is 9.72 Å². The first-order valence-corrected chi connectivity index (χ1v) is 11.3. The molecule has 0 radical (unpaired) electrons. The molecule has 6 nitrogen and oxygen atoms in total. The first-order valence-electron chi connectivity index (χ1n) is 11.3. The van der Waals surface area contributed by atoms with Crippen molar-refractivity contribution < 1.29 is 9.53 Å². The Balaban J connectivity index is 1.33. The van der Waals surface area contributed by atoms with Crippen LogP contribution >= 0.6 is 0 Å². The molecule has 0 unspecified atom stereocenters. The number of fused-ring (bicyclic) bond motifs is 1. The zero-order chi connectivity index (χ0) is 21.2. The Bertz CT molecular complexity index is 1070. The number of H-pyrrole nitrogens is 1. The number of amides is 1. The Morgan fingerprint density at radius 2 is 2.03 bits per heavy atom. The molecule has 0 saturated carbocycles. The predicted octanol–water partition coefficient (Wildman–Crippen LogP) is 4.69. The van der Waals surface area contributed by atoms with Crippen molar-refractivity contribution in [3.05, 3.63) is 59.4 Å². The summed E-state index contributed by atoms with van der Waals surface area (Å²) in [6.45, 7) is 3.77. The number of carbonyl (C=O) groups is 1. The number of rotatable bonds is 5. The lowest BCUT2D eigenvalue weighted by atomic mass is 9.91. The molecule has 1 saturated heterocycles. The minimum absolute atomic E-state index is 0.0282. The van der Waals surface area contributed by atoms with Gasteiger partial charge in [0.1, 0.15) is 0 Å². The molecule has 1 fully saturated rings. The van der Waals surface area contributed by atoms with Gasteiger partial charge in [-0.1, -0.05) is 37.6 Å². The molecule has 0 aliphatic carbocycles. The molecule has 3 aromatic rings. The molecule has 2 aromatic heterocycles. The van der Waals surface area contributed by atoms with Crippen LogP contribution < -0.4 is 5.32 Å². The van der Waals surface area contributed by atoms with Gasteiger partial charge in [-0.05, 0) is 42.9 Å². The van der Waals surface area contributed by atoms with E-state index in [9.17, 15) is 4.79 Å². The van der Waals surface area contributed by atoms with Gasteiger partial charge in [0, 0.05) is 30.4 Å². The molecule has 0 spiro atoms. The van der Waals surface area contributed by atoms with Crippen molar-refractivity contribution >= 4 is 5.91 Å². The van der Waals surface area contributed by atoms with E-state index in [1.807, 2.05) is 12.1 Å². The van der Waals surface area contributed by atoms with Gasteiger partial charge in [-0.25, -0.2) is 9.97 Å². The van der Waals surface area contributed by atoms with Crippen LogP contribution in [-0.4, -0.2) is 34.0 Å². The van der Waals surface area contributed by atoms with E-state index in [0.29, 0.717) is 23.9 Å². The van der Waals surface area contributed by atoms with Gasteiger partial charge < -0.3 is 15.0 Å². The lowest BCUT2D eigenvalue weighted by Crippen LogP contribution is -2.31. The molecular formula is C25H28N4O2. The van der Waals surface area contributed by atoms with Crippen molar-refractivity contribution in [3.8, 4) is 22.8 Å². The summed E-state index contributed by atoms with van der Waals surface area (Å²) in [5.41, 5.74) is 5.50. The number of nitrogens with zero attached hydrogens (tertiary/aromatic N) is 2. The van der Waals surface area contributed by atoms with Crippen LogP contribution in [0.3, 0.4) is 0 Å². The number of nitrogens with one attached hydrogen (secondary N) is 2. The Morgan fingerprint density at radius 1 is 1.16 bits per heavy atom. The van der Waals surface area contributed by atoms with Gasteiger partial charge in [0.25, 0.3) is 5.91 Å². The summed E-state index contributed by atoms with van der Waals surface area (Å²) in [5, 5.41) is 2.88.